The number of aryl methyl sites for hydroxylation is 1. The van der Waals surface area contributed by atoms with E-state index in [0.29, 0.717) is 5.92 Å². The first kappa shape index (κ1) is 9.71. The number of hydrogen-bond donors (Lipinski definition) is 1. The van der Waals surface area contributed by atoms with Crippen molar-refractivity contribution in [2.75, 3.05) is 13.1 Å². The summed E-state index contributed by atoms with van der Waals surface area (Å²) in [5.74, 6) is 1.42. The van der Waals surface area contributed by atoms with Gasteiger partial charge in [0.2, 0.25) is 0 Å². The van der Waals surface area contributed by atoms with Crippen LogP contribution in [-0.4, -0.2) is 22.9 Å². The first-order valence-electron chi connectivity index (χ1n) is 5.51. The molecule has 0 amide bonds. The molecule has 1 aromatic heterocycles. The maximum Gasteiger partial charge on any atom is 0.0671 e. The van der Waals surface area contributed by atoms with Crippen LogP contribution in [0.25, 0.3) is 0 Å². The molecule has 0 bridgehead atoms. The van der Waals surface area contributed by atoms with Crippen molar-refractivity contribution in [1.29, 1.82) is 0 Å². The Balaban J connectivity index is 2.09. The van der Waals surface area contributed by atoms with E-state index >= 15 is 0 Å². The van der Waals surface area contributed by atoms with Crippen LogP contribution < -0.4 is 5.32 Å². The molecule has 0 aromatic carbocycles. The lowest BCUT2D eigenvalue weighted by Crippen LogP contribution is -2.11. The van der Waals surface area contributed by atoms with E-state index in [1.165, 1.54) is 18.5 Å². The summed E-state index contributed by atoms with van der Waals surface area (Å²) >= 11 is 0. The zero-order valence-corrected chi connectivity index (χ0v) is 9.03. The second kappa shape index (κ2) is 4.13. The minimum absolute atomic E-state index is 0.635. The van der Waals surface area contributed by atoms with Crippen LogP contribution in [0, 0.1) is 5.92 Å². The molecule has 2 heterocycles. The molecule has 2 rings (SSSR count). The molecule has 14 heavy (non-hydrogen) atoms. The second-order valence-electron chi connectivity index (χ2n) is 4.23. The summed E-state index contributed by atoms with van der Waals surface area (Å²) < 4.78 is 1.90. The quantitative estimate of drug-likeness (QED) is 0.789. The van der Waals surface area contributed by atoms with Crippen LogP contribution >= 0.6 is 0 Å². The van der Waals surface area contributed by atoms with Gasteiger partial charge in [0.1, 0.15) is 0 Å². The monoisotopic (exact) mass is 193 g/mol. The van der Waals surface area contributed by atoms with Gasteiger partial charge in [0, 0.05) is 25.7 Å². The van der Waals surface area contributed by atoms with Crippen LogP contribution in [-0.2, 0) is 7.05 Å². The average Bonchev–Trinajstić information content (AvgIpc) is 2.74. The van der Waals surface area contributed by atoms with Gasteiger partial charge in [-0.05, 0) is 24.9 Å². The normalized spacial score (nSPS) is 27.0. The third kappa shape index (κ3) is 1.82. The Hall–Kier alpha value is -0.830. The van der Waals surface area contributed by atoms with Crippen LogP contribution in [0.3, 0.4) is 0 Å². The van der Waals surface area contributed by atoms with E-state index in [-0.39, 0.29) is 0 Å². The van der Waals surface area contributed by atoms with Crippen molar-refractivity contribution in [3.8, 4) is 0 Å². The van der Waals surface area contributed by atoms with Crippen molar-refractivity contribution in [3.63, 3.8) is 0 Å². The van der Waals surface area contributed by atoms with Crippen molar-refractivity contribution in [3.05, 3.63) is 18.0 Å². The molecular formula is C11H19N3. The first-order valence-corrected chi connectivity index (χ1v) is 5.51. The molecule has 3 nitrogen and oxygen atoms in total. The molecule has 0 radical (unpaired) electrons. The zero-order valence-electron chi connectivity index (χ0n) is 9.03. The van der Waals surface area contributed by atoms with E-state index in [0.717, 1.165) is 19.0 Å². The summed E-state index contributed by atoms with van der Waals surface area (Å²) in [6.07, 6.45) is 4.63. The van der Waals surface area contributed by atoms with E-state index < -0.39 is 0 Å². The topological polar surface area (TPSA) is 29.9 Å². The lowest BCUT2D eigenvalue weighted by Gasteiger charge is -2.15. The van der Waals surface area contributed by atoms with Gasteiger partial charge >= 0.3 is 0 Å². The van der Waals surface area contributed by atoms with Crippen molar-refractivity contribution < 1.29 is 0 Å². The third-order valence-electron chi connectivity index (χ3n) is 3.11. The number of nitrogens with zero attached hydrogens (tertiary/aromatic N) is 2. The van der Waals surface area contributed by atoms with Gasteiger partial charge in [0.25, 0.3) is 0 Å². The average molecular weight is 193 g/mol. The third-order valence-corrected chi connectivity index (χ3v) is 3.11. The summed E-state index contributed by atoms with van der Waals surface area (Å²) in [6, 6.07) is 2.15. The highest BCUT2D eigenvalue weighted by Gasteiger charge is 2.28. The fraction of sp³-hybridized carbons (Fsp3) is 0.727. The van der Waals surface area contributed by atoms with E-state index in [9.17, 15) is 0 Å². The molecule has 1 N–H and O–H groups in total. The molecule has 0 saturated carbocycles. The van der Waals surface area contributed by atoms with Crippen LogP contribution in [0.5, 0.6) is 0 Å². The van der Waals surface area contributed by atoms with Gasteiger partial charge in [-0.25, -0.2) is 0 Å². The van der Waals surface area contributed by atoms with Crippen molar-refractivity contribution in [2.45, 2.75) is 25.7 Å². The summed E-state index contributed by atoms with van der Waals surface area (Å²) in [4.78, 5) is 0. The molecule has 0 aliphatic carbocycles. The fourth-order valence-electron chi connectivity index (χ4n) is 2.38. The largest absolute Gasteiger partial charge is 0.316 e. The van der Waals surface area contributed by atoms with Crippen LogP contribution in [0.15, 0.2) is 12.3 Å². The Morgan fingerprint density at radius 2 is 2.43 bits per heavy atom. The predicted octanol–water partition coefficient (Wildman–Crippen LogP) is 1.52. The minimum Gasteiger partial charge on any atom is -0.316 e. The standard InChI is InChI=1S/C11H19N3/c1-3-4-9-7-12-8-10(9)11-5-6-14(2)13-11/h5-6,9-10,12H,3-4,7-8H2,1-2H3/t9-,10-/m1/s1. The molecular weight excluding hydrogens is 174 g/mol. The summed E-state index contributed by atoms with van der Waals surface area (Å²) in [7, 11) is 1.99. The van der Waals surface area contributed by atoms with E-state index in [1.807, 2.05) is 17.9 Å². The molecule has 1 aromatic rings. The van der Waals surface area contributed by atoms with Crippen LogP contribution in [0.2, 0.25) is 0 Å². The highest BCUT2D eigenvalue weighted by molar-refractivity contribution is 5.11. The minimum atomic E-state index is 0.635. The second-order valence-corrected chi connectivity index (χ2v) is 4.23. The molecule has 3 heteroatoms. The summed E-state index contributed by atoms with van der Waals surface area (Å²) in [5.41, 5.74) is 1.26. The van der Waals surface area contributed by atoms with E-state index in [2.05, 4.69) is 23.4 Å². The van der Waals surface area contributed by atoms with Crippen molar-refractivity contribution in [2.24, 2.45) is 13.0 Å². The van der Waals surface area contributed by atoms with Gasteiger partial charge < -0.3 is 5.32 Å². The molecule has 1 saturated heterocycles. The van der Waals surface area contributed by atoms with Crippen molar-refractivity contribution in [1.82, 2.24) is 15.1 Å². The lowest BCUT2D eigenvalue weighted by atomic mass is 9.89. The molecule has 2 atom stereocenters. The number of rotatable bonds is 3. The maximum absolute atomic E-state index is 4.50. The van der Waals surface area contributed by atoms with Gasteiger partial charge in [0.05, 0.1) is 5.69 Å². The SMILES string of the molecule is CCC[C@@H]1CNC[C@H]1c1ccn(C)n1. The number of nitrogens with one attached hydrogen (secondary N) is 1. The molecule has 78 valence electrons. The zero-order chi connectivity index (χ0) is 9.97. The van der Waals surface area contributed by atoms with Gasteiger partial charge in [-0.2, -0.15) is 5.10 Å². The first-order chi connectivity index (χ1) is 6.81. The highest BCUT2D eigenvalue weighted by atomic mass is 15.2. The Bertz CT molecular complexity index is 292. The maximum atomic E-state index is 4.50. The van der Waals surface area contributed by atoms with Crippen LogP contribution in [0.1, 0.15) is 31.4 Å². The molecule has 0 unspecified atom stereocenters. The highest BCUT2D eigenvalue weighted by Crippen LogP contribution is 2.29. The molecule has 1 aliphatic heterocycles. The molecule has 1 fully saturated rings. The van der Waals surface area contributed by atoms with Gasteiger partial charge in [-0.1, -0.05) is 13.3 Å². The Kier molecular flexibility index (Phi) is 2.87. The smallest absolute Gasteiger partial charge is 0.0671 e. The van der Waals surface area contributed by atoms with E-state index in [4.69, 9.17) is 0 Å². The lowest BCUT2D eigenvalue weighted by molar-refractivity contribution is 0.463. The molecule has 0 spiro atoms. The summed E-state index contributed by atoms with van der Waals surface area (Å²) in [5, 5.41) is 7.97. The Morgan fingerprint density at radius 1 is 1.57 bits per heavy atom. The number of aromatic nitrogens is 2. The molecule has 1 aliphatic rings. The van der Waals surface area contributed by atoms with E-state index in [1.54, 1.807) is 0 Å². The van der Waals surface area contributed by atoms with Gasteiger partial charge in [0.15, 0.2) is 0 Å². The fourth-order valence-corrected chi connectivity index (χ4v) is 2.38. The van der Waals surface area contributed by atoms with Crippen LogP contribution in [0.4, 0.5) is 0 Å². The Labute approximate surface area is 85.5 Å². The Morgan fingerprint density at radius 3 is 3.07 bits per heavy atom. The number of hydrogen-bond acceptors (Lipinski definition) is 2. The summed E-state index contributed by atoms with van der Waals surface area (Å²) in [6.45, 7) is 4.52. The van der Waals surface area contributed by atoms with Gasteiger partial charge in [-0.15, -0.1) is 0 Å². The van der Waals surface area contributed by atoms with Crippen molar-refractivity contribution >= 4 is 0 Å². The van der Waals surface area contributed by atoms with Gasteiger partial charge in [-0.3, -0.25) is 4.68 Å². The predicted molar refractivity (Wildman–Crippen MR) is 57.2 cm³/mol.